The summed E-state index contributed by atoms with van der Waals surface area (Å²) in [6, 6.07) is 0. The fraction of sp³-hybridized carbons (Fsp3) is 0.600. The maximum absolute atomic E-state index is 11.4. The first-order chi connectivity index (χ1) is 6.78. The van der Waals surface area contributed by atoms with Crippen molar-refractivity contribution in [2.45, 2.75) is 39.8 Å². The van der Waals surface area contributed by atoms with Crippen LogP contribution in [0.5, 0.6) is 0 Å². The van der Waals surface area contributed by atoms with Gasteiger partial charge in [0.1, 0.15) is 12.1 Å². The Hall–Kier alpha value is -1.52. The number of aryl methyl sites for hydroxylation is 1. The van der Waals surface area contributed by atoms with Crippen molar-refractivity contribution in [2.24, 2.45) is 0 Å². The molecule has 0 spiro atoms. The molecule has 0 saturated heterocycles. The van der Waals surface area contributed by atoms with E-state index in [-0.39, 0.29) is 12.5 Å². The van der Waals surface area contributed by atoms with E-state index in [9.17, 15) is 4.79 Å². The van der Waals surface area contributed by atoms with Crippen LogP contribution in [0.2, 0.25) is 0 Å². The summed E-state index contributed by atoms with van der Waals surface area (Å²) in [5.74, 6) is -0.315. The lowest BCUT2D eigenvalue weighted by Gasteiger charge is -2.19. The molecule has 2 N–H and O–H groups in total. The van der Waals surface area contributed by atoms with Gasteiger partial charge in [0.2, 0.25) is 0 Å². The molecule has 0 amide bonds. The summed E-state index contributed by atoms with van der Waals surface area (Å²) in [6.07, 6.45) is 1.62. The van der Waals surface area contributed by atoms with Gasteiger partial charge in [0, 0.05) is 6.20 Å². The summed E-state index contributed by atoms with van der Waals surface area (Å²) in [5.41, 5.74) is 6.44. The van der Waals surface area contributed by atoms with Crippen molar-refractivity contribution in [3.8, 4) is 0 Å². The molecule has 1 rings (SSSR count). The number of carbonyl (C=O) groups is 1. The summed E-state index contributed by atoms with van der Waals surface area (Å²) in [5, 5.41) is 4.07. The molecule has 0 bridgehead atoms. The van der Waals surface area contributed by atoms with Gasteiger partial charge < -0.3 is 10.5 Å². The summed E-state index contributed by atoms with van der Waals surface area (Å²) < 4.78 is 6.64. The smallest absolute Gasteiger partial charge is 0.328 e. The Bertz CT molecular complexity index is 344. The van der Waals surface area contributed by atoms with Gasteiger partial charge in [-0.1, -0.05) is 0 Å². The zero-order valence-corrected chi connectivity index (χ0v) is 9.57. The Morgan fingerprint density at radius 3 is 2.60 bits per heavy atom. The average molecular weight is 211 g/mol. The zero-order chi connectivity index (χ0) is 11.6. The van der Waals surface area contributed by atoms with Crippen molar-refractivity contribution < 1.29 is 9.53 Å². The molecule has 0 fully saturated rings. The molecule has 1 aromatic rings. The highest BCUT2D eigenvalue weighted by Crippen LogP contribution is 2.09. The standard InChI is InChI=1S/C10H17N3O2/c1-7-8(11)5-13(12-7)6-9(14)15-10(2,3)4/h5H,6,11H2,1-4H3. The number of nitrogens with two attached hydrogens (primary N) is 1. The predicted molar refractivity (Wildman–Crippen MR) is 57.2 cm³/mol. The Morgan fingerprint density at radius 2 is 2.20 bits per heavy atom. The Morgan fingerprint density at radius 1 is 1.60 bits per heavy atom. The number of nitrogens with zero attached hydrogens (tertiary/aromatic N) is 2. The second kappa shape index (κ2) is 3.92. The first kappa shape index (κ1) is 11.6. The number of nitrogen functional groups attached to an aromatic ring is 1. The van der Waals surface area contributed by atoms with Crippen LogP contribution in [0.4, 0.5) is 5.69 Å². The van der Waals surface area contributed by atoms with E-state index >= 15 is 0 Å². The van der Waals surface area contributed by atoms with Crippen LogP contribution in [0.15, 0.2) is 6.20 Å². The Labute approximate surface area is 89.2 Å². The molecule has 1 aromatic heterocycles. The highest BCUT2D eigenvalue weighted by Gasteiger charge is 2.16. The molecule has 0 radical (unpaired) electrons. The maximum Gasteiger partial charge on any atom is 0.328 e. The number of esters is 1. The second-order valence-electron chi connectivity index (χ2n) is 4.45. The molecule has 84 valence electrons. The first-order valence-corrected chi connectivity index (χ1v) is 4.79. The van der Waals surface area contributed by atoms with Crippen LogP contribution in [0.1, 0.15) is 26.5 Å². The van der Waals surface area contributed by atoms with Crippen molar-refractivity contribution in [1.82, 2.24) is 9.78 Å². The van der Waals surface area contributed by atoms with E-state index in [1.54, 1.807) is 13.1 Å². The highest BCUT2D eigenvalue weighted by atomic mass is 16.6. The number of hydrogen-bond donors (Lipinski definition) is 1. The molecule has 0 aliphatic carbocycles. The van der Waals surface area contributed by atoms with E-state index in [0.717, 1.165) is 5.69 Å². The van der Waals surface area contributed by atoms with Crippen LogP contribution >= 0.6 is 0 Å². The molecule has 0 atom stereocenters. The largest absolute Gasteiger partial charge is 0.459 e. The van der Waals surface area contributed by atoms with Crippen LogP contribution in [-0.4, -0.2) is 21.4 Å². The van der Waals surface area contributed by atoms with Gasteiger partial charge in [0.05, 0.1) is 11.4 Å². The average Bonchev–Trinajstić information content (AvgIpc) is 2.26. The van der Waals surface area contributed by atoms with Gasteiger partial charge in [-0.25, -0.2) is 0 Å². The van der Waals surface area contributed by atoms with Crippen LogP contribution in [0.25, 0.3) is 0 Å². The van der Waals surface area contributed by atoms with Gasteiger partial charge in [-0.2, -0.15) is 5.10 Å². The minimum atomic E-state index is -0.467. The normalized spacial score (nSPS) is 11.5. The third kappa shape index (κ3) is 3.61. The number of aromatic nitrogens is 2. The molecule has 0 aromatic carbocycles. The molecule has 15 heavy (non-hydrogen) atoms. The van der Waals surface area contributed by atoms with E-state index in [4.69, 9.17) is 10.5 Å². The highest BCUT2D eigenvalue weighted by molar-refractivity contribution is 5.69. The molecule has 0 saturated carbocycles. The van der Waals surface area contributed by atoms with Crippen LogP contribution in [0.3, 0.4) is 0 Å². The second-order valence-corrected chi connectivity index (χ2v) is 4.45. The lowest BCUT2D eigenvalue weighted by atomic mass is 10.2. The molecule has 0 aliphatic heterocycles. The molecule has 1 heterocycles. The lowest BCUT2D eigenvalue weighted by Crippen LogP contribution is -2.26. The number of anilines is 1. The number of rotatable bonds is 2. The van der Waals surface area contributed by atoms with E-state index in [1.165, 1.54) is 4.68 Å². The van der Waals surface area contributed by atoms with Gasteiger partial charge in [0.25, 0.3) is 0 Å². The topological polar surface area (TPSA) is 70.1 Å². The number of carbonyl (C=O) groups excluding carboxylic acids is 1. The van der Waals surface area contributed by atoms with Crippen molar-refractivity contribution >= 4 is 11.7 Å². The summed E-state index contributed by atoms with van der Waals surface area (Å²) in [7, 11) is 0. The summed E-state index contributed by atoms with van der Waals surface area (Å²) in [6.45, 7) is 7.37. The van der Waals surface area contributed by atoms with Crippen LogP contribution in [-0.2, 0) is 16.1 Å². The SMILES string of the molecule is Cc1nn(CC(=O)OC(C)(C)C)cc1N. The lowest BCUT2D eigenvalue weighted by molar-refractivity contribution is -0.155. The number of hydrogen-bond acceptors (Lipinski definition) is 4. The Balaban J connectivity index is 2.59. The van der Waals surface area contributed by atoms with E-state index < -0.39 is 5.60 Å². The third-order valence-electron chi connectivity index (χ3n) is 1.70. The summed E-state index contributed by atoms with van der Waals surface area (Å²) in [4.78, 5) is 11.4. The fourth-order valence-electron chi connectivity index (χ4n) is 1.12. The van der Waals surface area contributed by atoms with Gasteiger partial charge in [-0.15, -0.1) is 0 Å². The van der Waals surface area contributed by atoms with Gasteiger partial charge >= 0.3 is 5.97 Å². The summed E-state index contributed by atoms with van der Waals surface area (Å²) >= 11 is 0. The minimum Gasteiger partial charge on any atom is -0.459 e. The fourth-order valence-corrected chi connectivity index (χ4v) is 1.12. The van der Waals surface area contributed by atoms with Gasteiger partial charge in [-0.3, -0.25) is 9.48 Å². The first-order valence-electron chi connectivity index (χ1n) is 4.79. The zero-order valence-electron chi connectivity index (χ0n) is 9.57. The quantitative estimate of drug-likeness (QED) is 0.744. The van der Waals surface area contributed by atoms with Crippen molar-refractivity contribution in [3.05, 3.63) is 11.9 Å². The molecular formula is C10H17N3O2. The van der Waals surface area contributed by atoms with E-state index in [1.807, 2.05) is 20.8 Å². The monoisotopic (exact) mass is 211 g/mol. The molecule has 0 aliphatic rings. The van der Waals surface area contributed by atoms with Crippen molar-refractivity contribution in [2.75, 3.05) is 5.73 Å². The van der Waals surface area contributed by atoms with E-state index in [2.05, 4.69) is 5.10 Å². The Kier molecular flexibility index (Phi) is 3.02. The van der Waals surface area contributed by atoms with Crippen LogP contribution in [0, 0.1) is 6.92 Å². The molecule has 5 heteroatoms. The van der Waals surface area contributed by atoms with Gasteiger partial charge in [0.15, 0.2) is 0 Å². The third-order valence-corrected chi connectivity index (χ3v) is 1.70. The molecule has 5 nitrogen and oxygen atoms in total. The number of ether oxygens (including phenoxy) is 1. The molecule has 0 unspecified atom stereocenters. The van der Waals surface area contributed by atoms with Crippen molar-refractivity contribution in [1.29, 1.82) is 0 Å². The van der Waals surface area contributed by atoms with E-state index in [0.29, 0.717) is 5.69 Å². The molecular weight excluding hydrogens is 194 g/mol. The minimum absolute atomic E-state index is 0.0926. The maximum atomic E-state index is 11.4. The predicted octanol–water partition coefficient (Wildman–Crippen LogP) is 1.12. The van der Waals surface area contributed by atoms with Gasteiger partial charge in [-0.05, 0) is 27.7 Å². The van der Waals surface area contributed by atoms with Crippen LogP contribution < -0.4 is 5.73 Å². The van der Waals surface area contributed by atoms with Crippen molar-refractivity contribution in [3.63, 3.8) is 0 Å².